The Balaban J connectivity index is 1.35. The first kappa shape index (κ1) is 86.4. The largest absolute Gasteiger partial charge is 0.494 e. The van der Waals surface area contributed by atoms with Gasteiger partial charge in [-0.15, -0.1) is 0 Å². The number of hydrogen-bond acceptors (Lipinski definition) is 20. The number of ether oxygens (including phenoxy) is 5. The lowest BCUT2D eigenvalue weighted by Crippen LogP contribution is -2.40. The van der Waals surface area contributed by atoms with Crippen LogP contribution in [-0.4, -0.2) is 182 Å². The van der Waals surface area contributed by atoms with Crippen molar-refractivity contribution in [2.75, 3.05) is 79.1 Å². The number of nitrogens with one attached hydrogen (secondary N) is 4. The Labute approximate surface area is 573 Å². The summed E-state index contributed by atoms with van der Waals surface area (Å²) in [6.45, 7) is 7.83. The van der Waals surface area contributed by atoms with Gasteiger partial charge < -0.3 is 72.0 Å². The number of carboxylic acid groups (broad SMARTS) is 2. The second-order valence-electron chi connectivity index (χ2n) is 25.8. The summed E-state index contributed by atoms with van der Waals surface area (Å²) in [4.78, 5) is 142. The fraction of sp³-hybridized carbons (Fsp3) is 0.718. The van der Waals surface area contributed by atoms with E-state index < -0.39 is 41.4 Å². The third kappa shape index (κ3) is 44.1. The van der Waals surface area contributed by atoms with Crippen LogP contribution in [0.3, 0.4) is 0 Å². The van der Waals surface area contributed by atoms with Crippen LogP contribution in [0.25, 0.3) is 0 Å². The van der Waals surface area contributed by atoms with Gasteiger partial charge in [-0.1, -0.05) is 71.6 Å². The van der Waals surface area contributed by atoms with Crippen molar-refractivity contribution in [2.24, 2.45) is 34.5 Å². The molecule has 0 saturated heterocycles. The average Bonchev–Trinajstić information content (AvgIpc) is 1.49. The maximum absolute atomic E-state index is 13.1. The molecule has 548 valence electrons. The molecule has 2 aromatic rings. The molecular formula is C71H116N8O18. The van der Waals surface area contributed by atoms with Crippen molar-refractivity contribution in [3.8, 4) is 5.75 Å². The van der Waals surface area contributed by atoms with Crippen molar-refractivity contribution in [1.29, 1.82) is 0 Å². The van der Waals surface area contributed by atoms with Gasteiger partial charge in [0.2, 0.25) is 17.7 Å². The number of rotatable bonds is 65. The first-order valence-electron chi connectivity index (χ1n) is 35.2. The Morgan fingerprint density at radius 1 is 0.515 bits per heavy atom. The standard InChI is InChI=1S/C71H116N8O18/c1-52(80)53(22-19-28-65(85)71(2,3)47-64(84)62(74)46-56-48-75-51-79-56)21-14-16-36-78-68(88)61(73)26-12-10-13-27-63(83)60(72)25-15-17-35-76-67(87)50-96-44-41-93-38-20-24-58(82)49-95-43-42-94-40-37-77-66(86)34-31-55(70(91)92)45-57(81)23-11-8-6-4-5-7-9-18-39-97-59-32-29-54(30-33-59)69(89)90/h29-30,32-33,48,51,53,55,60-62H,4-28,31,34-47,49-50,72-74H2,1-3H3,(H,75,79)(H,76,87)(H,77,86)(H,78,88)(H,89,90)(H,91,92)/t53-,55-,60+,61+,62+/m1/s1. The van der Waals surface area contributed by atoms with E-state index in [0.717, 1.165) is 63.5 Å². The highest BCUT2D eigenvalue weighted by molar-refractivity contribution is 5.93. The first-order valence-corrected chi connectivity index (χ1v) is 35.2. The number of carbonyl (C=O) groups excluding carboxylic acids is 9. The molecule has 0 unspecified atom stereocenters. The molecule has 5 atom stereocenters. The van der Waals surface area contributed by atoms with E-state index >= 15 is 0 Å². The lowest BCUT2D eigenvalue weighted by atomic mass is 9.79. The summed E-state index contributed by atoms with van der Waals surface area (Å²) in [5.74, 6) is -3.81. The van der Waals surface area contributed by atoms with Gasteiger partial charge in [0, 0.05) is 101 Å². The summed E-state index contributed by atoms with van der Waals surface area (Å²) in [7, 11) is 0. The van der Waals surface area contributed by atoms with Gasteiger partial charge in [0.05, 0.1) is 75.6 Å². The molecule has 26 heteroatoms. The number of amides is 3. The maximum Gasteiger partial charge on any atom is 0.335 e. The molecule has 1 aromatic heterocycles. The summed E-state index contributed by atoms with van der Waals surface area (Å²) in [5.41, 5.74) is 18.5. The molecule has 0 bridgehead atoms. The molecule has 0 aliphatic carbocycles. The number of carbonyl (C=O) groups is 11. The van der Waals surface area contributed by atoms with E-state index in [-0.39, 0.29) is 155 Å². The quantitative estimate of drug-likeness (QED) is 0.0295. The zero-order valence-corrected chi connectivity index (χ0v) is 58.2. The van der Waals surface area contributed by atoms with Crippen molar-refractivity contribution in [1.82, 2.24) is 25.9 Å². The number of unbranched alkanes of at least 4 members (excludes halogenated alkanes) is 11. The van der Waals surface area contributed by atoms with Crippen LogP contribution in [0, 0.1) is 17.3 Å². The molecule has 97 heavy (non-hydrogen) atoms. The minimum Gasteiger partial charge on any atom is -0.494 e. The molecule has 0 fully saturated rings. The number of aromatic amines is 1. The SMILES string of the molecule is CC(=O)[C@H](CCCCNC(=O)[C@@H](N)CCCCCC(=O)[C@@H](N)CCCCNC(=O)COCCOCCCC(=O)COCCOCCNC(=O)CC[C@H](CC(=O)CCCCCCCCCCOc1ccc(C(=O)O)cc1)C(=O)O)CCCC(=O)C(C)(C)CC(=O)[C@@H](N)Cc1cnc[nH]1. The number of aromatic nitrogens is 2. The molecule has 12 N–H and O–H groups in total. The number of Topliss-reactive ketones (excluding diaryl/α,β-unsaturated/α-hetero) is 6. The number of ketones is 6. The van der Waals surface area contributed by atoms with Gasteiger partial charge in [-0.3, -0.25) is 47.9 Å². The van der Waals surface area contributed by atoms with Gasteiger partial charge in [-0.2, -0.15) is 0 Å². The monoisotopic (exact) mass is 1370 g/mol. The highest BCUT2D eigenvalue weighted by Gasteiger charge is 2.32. The predicted octanol–water partition coefficient (Wildman–Crippen LogP) is 7.22. The molecular weight excluding hydrogens is 1250 g/mol. The Kier molecular flexibility index (Phi) is 47.5. The molecule has 0 saturated carbocycles. The number of carboxylic acids is 2. The summed E-state index contributed by atoms with van der Waals surface area (Å²) in [6.07, 6.45) is 20.2. The highest BCUT2D eigenvalue weighted by Crippen LogP contribution is 2.27. The summed E-state index contributed by atoms with van der Waals surface area (Å²) < 4.78 is 27.4. The number of aliphatic carboxylic acids is 1. The average molecular weight is 1370 g/mol. The van der Waals surface area contributed by atoms with Crippen LogP contribution in [0.1, 0.15) is 223 Å². The zero-order valence-electron chi connectivity index (χ0n) is 58.2. The normalized spacial score (nSPS) is 13.0. The van der Waals surface area contributed by atoms with Crippen LogP contribution in [0.2, 0.25) is 0 Å². The predicted molar refractivity (Wildman–Crippen MR) is 365 cm³/mol. The number of imidazole rings is 1. The highest BCUT2D eigenvalue weighted by atomic mass is 16.5. The van der Waals surface area contributed by atoms with Crippen LogP contribution in [0.15, 0.2) is 36.8 Å². The number of nitrogens with two attached hydrogens (primary N) is 3. The third-order valence-corrected chi connectivity index (χ3v) is 16.9. The molecule has 2 rings (SSSR count). The van der Waals surface area contributed by atoms with E-state index in [1.807, 2.05) is 0 Å². The zero-order chi connectivity index (χ0) is 71.5. The molecule has 0 aliphatic heterocycles. The Bertz CT molecular complexity index is 2600. The van der Waals surface area contributed by atoms with Crippen molar-refractivity contribution in [3.63, 3.8) is 0 Å². The van der Waals surface area contributed by atoms with Crippen molar-refractivity contribution in [3.05, 3.63) is 48.0 Å². The van der Waals surface area contributed by atoms with Gasteiger partial charge in [0.15, 0.2) is 11.6 Å². The van der Waals surface area contributed by atoms with Gasteiger partial charge >= 0.3 is 11.9 Å². The van der Waals surface area contributed by atoms with E-state index in [9.17, 15) is 57.8 Å². The number of benzene rings is 1. The van der Waals surface area contributed by atoms with Crippen LogP contribution in [0.4, 0.5) is 0 Å². The fourth-order valence-electron chi connectivity index (χ4n) is 10.7. The van der Waals surface area contributed by atoms with Crippen molar-refractivity contribution >= 4 is 64.4 Å². The summed E-state index contributed by atoms with van der Waals surface area (Å²) >= 11 is 0. The molecule has 0 aliphatic rings. The Morgan fingerprint density at radius 3 is 1.76 bits per heavy atom. The lowest BCUT2D eigenvalue weighted by Gasteiger charge is -2.24. The minimum absolute atomic E-state index is 0.0293. The topological polar surface area (TPSA) is 417 Å². The van der Waals surface area contributed by atoms with Crippen LogP contribution < -0.4 is 37.9 Å². The summed E-state index contributed by atoms with van der Waals surface area (Å²) in [5, 5.41) is 27.0. The van der Waals surface area contributed by atoms with Crippen LogP contribution >= 0.6 is 0 Å². The number of hydrogen-bond donors (Lipinski definition) is 9. The van der Waals surface area contributed by atoms with Gasteiger partial charge in [0.1, 0.15) is 42.1 Å². The van der Waals surface area contributed by atoms with Crippen molar-refractivity contribution < 1.29 is 86.6 Å². The van der Waals surface area contributed by atoms with E-state index in [2.05, 4.69) is 25.9 Å². The molecule has 26 nitrogen and oxygen atoms in total. The second-order valence-corrected chi connectivity index (χ2v) is 25.8. The molecule has 1 aromatic carbocycles. The fourth-order valence-corrected chi connectivity index (χ4v) is 10.7. The van der Waals surface area contributed by atoms with E-state index in [0.29, 0.717) is 128 Å². The molecule has 0 spiro atoms. The van der Waals surface area contributed by atoms with Crippen molar-refractivity contribution in [2.45, 2.75) is 232 Å². The minimum atomic E-state index is -1.10. The number of aromatic carboxylic acids is 1. The third-order valence-electron chi connectivity index (χ3n) is 16.9. The van der Waals surface area contributed by atoms with Gasteiger partial charge in [0.25, 0.3) is 0 Å². The Hall–Kier alpha value is -6.68. The summed E-state index contributed by atoms with van der Waals surface area (Å²) in [6, 6.07) is 4.34. The molecule has 1 heterocycles. The van der Waals surface area contributed by atoms with Crippen LogP contribution in [-0.2, 0) is 73.3 Å². The lowest BCUT2D eigenvalue weighted by molar-refractivity contribution is -0.144. The smallest absolute Gasteiger partial charge is 0.335 e. The van der Waals surface area contributed by atoms with E-state index in [1.165, 1.54) is 18.5 Å². The number of H-pyrrole nitrogens is 1. The number of nitrogens with zero attached hydrogens (tertiary/aromatic N) is 1. The molecule has 3 amide bonds. The van der Waals surface area contributed by atoms with Crippen LogP contribution in [0.5, 0.6) is 5.75 Å². The van der Waals surface area contributed by atoms with E-state index in [1.54, 1.807) is 39.1 Å². The van der Waals surface area contributed by atoms with E-state index in [4.69, 9.17) is 46.0 Å². The van der Waals surface area contributed by atoms with Gasteiger partial charge in [-0.25, -0.2) is 9.78 Å². The Morgan fingerprint density at radius 2 is 1.09 bits per heavy atom. The maximum atomic E-state index is 13.1. The van der Waals surface area contributed by atoms with Gasteiger partial charge in [-0.05, 0) is 115 Å². The molecule has 0 radical (unpaired) electrons. The first-order chi connectivity index (χ1) is 46.5. The second kappa shape index (κ2) is 53.3.